The third kappa shape index (κ3) is 1.90. The lowest BCUT2D eigenvalue weighted by atomic mass is 9.65. The van der Waals surface area contributed by atoms with Crippen molar-refractivity contribution in [3.63, 3.8) is 0 Å². The molecule has 0 unspecified atom stereocenters. The number of fused-ring (bicyclic) bond motifs is 1. The molecule has 0 heterocycles. The van der Waals surface area contributed by atoms with E-state index in [2.05, 4.69) is 6.58 Å². The van der Waals surface area contributed by atoms with Crippen molar-refractivity contribution in [3.05, 3.63) is 12.2 Å². The van der Waals surface area contributed by atoms with Gasteiger partial charge in [-0.25, -0.2) is 0 Å². The maximum atomic E-state index is 12.6. The summed E-state index contributed by atoms with van der Waals surface area (Å²) in [5.41, 5.74) is -0.231. The quantitative estimate of drug-likeness (QED) is 0.408. The van der Waals surface area contributed by atoms with Crippen molar-refractivity contribution in [2.75, 3.05) is 7.11 Å². The van der Waals surface area contributed by atoms with E-state index < -0.39 is 5.41 Å². The van der Waals surface area contributed by atoms with E-state index in [1.54, 1.807) is 0 Å². The standard InChI is InChI=1S/C15H22O3/c1-11-7-3-4-8-12-9-5-6-10-13(16)15(11,12)14(17)18-2/h12H,1,3-10H2,2H3/t12-,15+/m1/s1. The monoisotopic (exact) mass is 250 g/mol. The van der Waals surface area contributed by atoms with E-state index in [-0.39, 0.29) is 17.7 Å². The fourth-order valence-corrected chi connectivity index (χ4v) is 3.68. The fourth-order valence-electron chi connectivity index (χ4n) is 3.68. The Labute approximate surface area is 109 Å². The second-order valence-corrected chi connectivity index (χ2v) is 5.51. The Morgan fingerprint density at radius 2 is 1.83 bits per heavy atom. The Morgan fingerprint density at radius 1 is 1.22 bits per heavy atom. The highest BCUT2D eigenvalue weighted by Gasteiger charge is 2.55. The summed E-state index contributed by atoms with van der Waals surface area (Å²) in [6.07, 6.45) is 7.18. The molecule has 0 aromatic carbocycles. The molecule has 18 heavy (non-hydrogen) atoms. The van der Waals surface area contributed by atoms with Crippen LogP contribution in [0.5, 0.6) is 0 Å². The summed E-state index contributed by atoms with van der Waals surface area (Å²) in [5, 5.41) is 0. The number of esters is 1. The minimum absolute atomic E-state index is 0.0451. The summed E-state index contributed by atoms with van der Waals surface area (Å²) in [6, 6.07) is 0. The van der Waals surface area contributed by atoms with Crippen LogP contribution in [0, 0.1) is 11.3 Å². The van der Waals surface area contributed by atoms with Crippen molar-refractivity contribution in [3.8, 4) is 0 Å². The van der Waals surface area contributed by atoms with Crippen molar-refractivity contribution >= 4 is 11.8 Å². The molecule has 2 fully saturated rings. The van der Waals surface area contributed by atoms with Crippen molar-refractivity contribution in [1.29, 1.82) is 0 Å². The van der Waals surface area contributed by atoms with Gasteiger partial charge in [-0.05, 0) is 38.0 Å². The Morgan fingerprint density at radius 3 is 2.44 bits per heavy atom. The van der Waals surface area contributed by atoms with Crippen LogP contribution in [-0.4, -0.2) is 18.9 Å². The number of hydrogen-bond acceptors (Lipinski definition) is 3. The molecule has 0 bridgehead atoms. The number of hydrogen-bond donors (Lipinski definition) is 0. The number of carbonyl (C=O) groups excluding carboxylic acids is 2. The minimum atomic E-state index is -1.03. The molecule has 2 atom stereocenters. The molecule has 0 saturated heterocycles. The molecule has 0 spiro atoms. The van der Waals surface area contributed by atoms with Crippen molar-refractivity contribution in [2.24, 2.45) is 11.3 Å². The summed E-state index contributed by atoms with van der Waals surface area (Å²) >= 11 is 0. The first kappa shape index (κ1) is 13.3. The predicted octanol–water partition coefficient (Wildman–Crippen LogP) is 3.04. The summed E-state index contributed by atoms with van der Waals surface area (Å²) in [6.45, 7) is 4.07. The molecule has 2 aliphatic rings. The first-order valence-corrected chi connectivity index (χ1v) is 6.94. The maximum Gasteiger partial charge on any atom is 0.323 e. The fraction of sp³-hybridized carbons (Fsp3) is 0.733. The lowest BCUT2D eigenvalue weighted by Crippen LogP contribution is -2.46. The van der Waals surface area contributed by atoms with Crippen LogP contribution in [0.15, 0.2) is 12.2 Å². The average molecular weight is 250 g/mol. The first-order valence-electron chi connectivity index (χ1n) is 6.94. The largest absolute Gasteiger partial charge is 0.468 e. The van der Waals surface area contributed by atoms with Gasteiger partial charge in [0.15, 0.2) is 5.78 Å². The van der Waals surface area contributed by atoms with E-state index in [9.17, 15) is 9.59 Å². The zero-order valence-electron chi connectivity index (χ0n) is 11.2. The van der Waals surface area contributed by atoms with Crippen molar-refractivity contribution in [2.45, 2.75) is 51.4 Å². The second kappa shape index (κ2) is 5.25. The molecule has 0 aromatic heterocycles. The molecule has 2 rings (SSSR count). The lowest BCUT2D eigenvalue weighted by Gasteiger charge is -2.35. The first-order chi connectivity index (χ1) is 8.64. The summed E-state index contributed by atoms with van der Waals surface area (Å²) < 4.78 is 4.98. The Balaban J connectivity index is 2.51. The van der Waals surface area contributed by atoms with Gasteiger partial charge in [0.1, 0.15) is 5.41 Å². The van der Waals surface area contributed by atoms with Gasteiger partial charge < -0.3 is 4.74 Å². The van der Waals surface area contributed by atoms with Crippen LogP contribution in [0.1, 0.15) is 51.4 Å². The summed E-state index contributed by atoms with van der Waals surface area (Å²) in [7, 11) is 1.38. The molecule has 100 valence electrons. The Bertz CT molecular complexity index is 346. The van der Waals surface area contributed by atoms with Gasteiger partial charge in [-0.3, -0.25) is 9.59 Å². The zero-order chi connectivity index (χ0) is 13.2. The normalized spacial score (nSPS) is 33.3. The molecule has 0 aromatic rings. The van der Waals surface area contributed by atoms with Crippen LogP contribution in [0.2, 0.25) is 0 Å². The Kier molecular flexibility index (Phi) is 3.88. The molecule has 2 saturated carbocycles. The number of carbonyl (C=O) groups is 2. The van der Waals surface area contributed by atoms with Crippen LogP contribution in [0.25, 0.3) is 0 Å². The van der Waals surface area contributed by atoms with E-state index >= 15 is 0 Å². The molecule has 0 aliphatic heterocycles. The predicted molar refractivity (Wildman–Crippen MR) is 69.0 cm³/mol. The van der Waals surface area contributed by atoms with Crippen LogP contribution >= 0.6 is 0 Å². The van der Waals surface area contributed by atoms with Gasteiger partial charge in [-0.1, -0.05) is 25.0 Å². The molecule has 3 heteroatoms. The van der Waals surface area contributed by atoms with Gasteiger partial charge in [0.05, 0.1) is 7.11 Å². The molecular weight excluding hydrogens is 228 g/mol. The van der Waals surface area contributed by atoms with Crippen molar-refractivity contribution < 1.29 is 14.3 Å². The SMILES string of the molecule is C=C1CCCC[C@@H]2CCCCC(=O)[C@]12C(=O)OC. The lowest BCUT2D eigenvalue weighted by molar-refractivity contribution is -0.158. The van der Waals surface area contributed by atoms with Gasteiger partial charge >= 0.3 is 5.97 Å². The summed E-state index contributed by atoms with van der Waals surface area (Å²) in [5.74, 6) is -0.218. The average Bonchev–Trinajstić information content (AvgIpc) is 2.63. The number of rotatable bonds is 1. The van der Waals surface area contributed by atoms with Gasteiger partial charge in [0, 0.05) is 6.42 Å². The van der Waals surface area contributed by atoms with E-state index in [4.69, 9.17) is 4.74 Å². The number of ketones is 1. The Hall–Kier alpha value is -1.12. The summed E-state index contributed by atoms with van der Waals surface area (Å²) in [4.78, 5) is 24.9. The highest BCUT2D eigenvalue weighted by molar-refractivity contribution is 6.07. The third-order valence-corrected chi connectivity index (χ3v) is 4.60. The van der Waals surface area contributed by atoms with Crippen LogP contribution < -0.4 is 0 Å². The molecule has 0 radical (unpaired) electrons. The topological polar surface area (TPSA) is 43.4 Å². The smallest absolute Gasteiger partial charge is 0.323 e. The number of ether oxygens (including phenoxy) is 1. The molecule has 3 nitrogen and oxygen atoms in total. The van der Waals surface area contributed by atoms with Gasteiger partial charge in [-0.15, -0.1) is 0 Å². The third-order valence-electron chi connectivity index (χ3n) is 4.60. The van der Waals surface area contributed by atoms with E-state index in [1.807, 2.05) is 0 Å². The van der Waals surface area contributed by atoms with Crippen LogP contribution in [-0.2, 0) is 14.3 Å². The molecule has 0 N–H and O–H groups in total. The van der Waals surface area contributed by atoms with Crippen molar-refractivity contribution in [1.82, 2.24) is 0 Å². The minimum Gasteiger partial charge on any atom is -0.468 e. The number of methoxy groups -OCH3 is 1. The van der Waals surface area contributed by atoms with Crippen LogP contribution in [0.3, 0.4) is 0 Å². The maximum absolute atomic E-state index is 12.6. The number of Topliss-reactive ketones (excluding diaryl/α,β-unsaturated/α-hetero) is 1. The second-order valence-electron chi connectivity index (χ2n) is 5.51. The highest BCUT2D eigenvalue weighted by atomic mass is 16.5. The molecule has 0 amide bonds. The highest BCUT2D eigenvalue weighted by Crippen LogP contribution is 2.49. The molecular formula is C15H22O3. The van der Waals surface area contributed by atoms with Crippen LogP contribution in [0.4, 0.5) is 0 Å². The van der Waals surface area contributed by atoms with Gasteiger partial charge in [0.25, 0.3) is 0 Å². The van der Waals surface area contributed by atoms with Gasteiger partial charge in [-0.2, -0.15) is 0 Å². The van der Waals surface area contributed by atoms with E-state index in [0.717, 1.165) is 50.5 Å². The molecule has 2 aliphatic carbocycles. The zero-order valence-corrected chi connectivity index (χ0v) is 11.2. The van der Waals surface area contributed by atoms with E-state index in [1.165, 1.54) is 7.11 Å². The van der Waals surface area contributed by atoms with Gasteiger partial charge in [0.2, 0.25) is 0 Å². The van der Waals surface area contributed by atoms with E-state index in [0.29, 0.717) is 6.42 Å².